The van der Waals surface area contributed by atoms with Gasteiger partial charge in [0.2, 0.25) is 5.43 Å². The molecule has 0 atom stereocenters. The molecule has 0 bridgehead atoms. The summed E-state index contributed by atoms with van der Waals surface area (Å²) in [7, 11) is 0. The Hall–Kier alpha value is -2.71. The fourth-order valence-corrected chi connectivity index (χ4v) is 2.08. The van der Waals surface area contributed by atoms with Gasteiger partial charge in [-0.1, -0.05) is 11.6 Å². The van der Waals surface area contributed by atoms with Crippen molar-refractivity contribution in [2.75, 3.05) is 0 Å². The zero-order chi connectivity index (χ0) is 15.6. The number of amides is 2. The number of hydrazine groups is 2. The molecule has 2 aromatic rings. The highest BCUT2D eigenvalue weighted by Crippen LogP contribution is 2.14. The van der Waals surface area contributed by atoms with Gasteiger partial charge in [0.25, 0.3) is 11.8 Å². The summed E-state index contributed by atoms with van der Waals surface area (Å²) >= 11 is 0. The van der Waals surface area contributed by atoms with Crippen LogP contribution in [0.3, 0.4) is 0 Å². The standard InChI is InChI=1S/C13H15N5O3/c1-7-2-3-10-8(4-7)12(20)9(13(21)17-15)5-18(10)6-11(19)16-14/h2-5H,6,14-15H2,1H3,(H,16,19)(H,17,21). The van der Waals surface area contributed by atoms with Gasteiger partial charge in [-0.15, -0.1) is 0 Å². The van der Waals surface area contributed by atoms with E-state index in [4.69, 9.17) is 11.7 Å². The second-order valence-corrected chi connectivity index (χ2v) is 4.56. The molecule has 1 aromatic carbocycles. The van der Waals surface area contributed by atoms with E-state index in [-0.39, 0.29) is 12.1 Å². The molecule has 6 N–H and O–H groups in total. The number of hydrogen-bond donors (Lipinski definition) is 4. The van der Waals surface area contributed by atoms with E-state index in [0.29, 0.717) is 10.9 Å². The van der Waals surface area contributed by atoms with Gasteiger partial charge in [0, 0.05) is 11.6 Å². The number of aryl methyl sites for hydroxylation is 1. The van der Waals surface area contributed by atoms with Crippen molar-refractivity contribution in [2.45, 2.75) is 13.5 Å². The minimum absolute atomic E-state index is 0.124. The number of pyridine rings is 1. The van der Waals surface area contributed by atoms with Crippen LogP contribution in [0.2, 0.25) is 0 Å². The summed E-state index contributed by atoms with van der Waals surface area (Å²) in [4.78, 5) is 35.5. The minimum Gasteiger partial charge on any atom is -0.337 e. The lowest BCUT2D eigenvalue weighted by Gasteiger charge is -2.12. The number of aromatic nitrogens is 1. The summed E-state index contributed by atoms with van der Waals surface area (Å²) in [6, 6.07) is 5.17. The Kier molecular flexibility index (Phi) is 4.01. The number of benzene rings is 1. The maximum atomic E-state index is 12.3. The monoisotopic (exact) mass is 289 g/mol. The second-order valence-electron chi connectivity index (χ2n) is 4.56. The highest BCUT2D eigenvalue weighted by atomic mass is 16.2. The smallest absolute Gasteiger partial charge is 0.270 e. The van der Waals surface area contributed by atoms with Crippen LogP contribution in [-0.2, 0) is 11.3 Å². The van der Waals surface area contributed by atoms with Crippen LogP contribution in [0, 0.1) is 6.92 Å². The third-order valence-corrected chi connectivity index (χ3v) is 3.09. The van der Waals surface area contributed by atoms with Gasteiger partial charge in [-0.2, -0.15) is 0 Å². The molecule has 2 rings (SSSR count). The zero-order valence-corrected chi connectivity index (χ0v) is 11.3. The molecule has 8 heteroatoms. The number of carbonyl (C=O) groups is 2. The van der Waals surface area contributed by atoms with Gasteiger partial charge in [-0.25, -0.2) is 11.7 Å². The number of carbonyl (C=O) groups excluding carboxylic acids is 2. The highest BCUT2D eigenvalue weighted by Gasteiger charge is 2.15. The SMILES string of the molecule is Cc1ccc2c(c1)c(=O)c(C(=O)NN)cn2CC(=O)NN. The Morgan fingerprint density at radius 3 is 2.57 bits per heavy atom. The molecule has 0 saturated heterocycles. The number of hydrogen-bond acceptors (Lipinski definition) is 5. The van der Waals surface area contributed by atoms with Crippen molar-refractivity contribution < 1.29 is 9.59 Å². The van der Waals surface area contributed by atoms with Gasteiger partial charge in [0.1, 0.15) is 12.1 Å². The average molecular weight is 289 g/mol. The first-order valence-corrected chi connectivity index (χ1v) is 6.12. The summed E-state index contributed by atoms with van der Waals surface area (Å²) in [6.45, 7) is 1.70. The zero-order valence-electron chi connectivity index (χ0n) is 11.3. The fourth-order valence-electron chi connectivity index (χ4n) is 2.08. The fraction of sp³-hybridized carbons (Fsp3) is 0.154. The summed E-state index contributed by atoms with van der Waals surface area (Å²) in [5.41, 5.74) is 4.73. The lowest BCUT2D eigenvalue weighted by molar-refractivity contribution is -0.121. The molecule has 0 aliphatic carbocycles. The highest BCUT2D eigenvalue weighted by molar-refractivity contribution is 5.97. The molecule has 1 aromatic heterocycles. The number of nitrogens with zero attached hydrogens (tertiary/aromatic N) is 1. The largest absolute Gasteiger partial charge is 0.337 e. The molecule has 21 heavy (non-hydrogen) atoms. The molecular weight excluding hydrogens is 274 g/mol. The Morgan fingerprint density at radius 1 is 1.24 bits per heavy atom. The van der Waals surface area contributed by atoms with Crippen molar-refractivity contribution in [1.29, 1.82) is 0 Å². The van der Waals surface area contributed by atoms with E-state index in [1.807, 2.05) is 17.8 Å². The van der Waals surface area contributed by atoms with Crippen molar-refractivity contribution in [3.63, 3.8) is 0 Å². The van der Waals surface area contributed by atoms with Crippen molar-refractivity contribution in [3.05, 3.63) is 45.7 Å². The molecular formula is C13H15N5O3. The molecule has 0 aliphatic rings. The van der Waals surface area contributed by atoms with E-state index in [2.05, 4.69) is 0 Å². The summed E-state index contributed by atoms with van der Waals surface area (Å²) in [6.07, 6.45) is 1.29. The number of nitrogens with one attached hydrogen (secondary N) is 2. The number of nitrogen functional groups attached to an aromatic ring is 1. The van der Waals surface area contributed by atoms with Crippen LogP contribution < -0.4 is 28.0 Å². The van der Waals surface area contributed by atoms with Crippen molar-refractivity contribution in [2.24, 2.45) is 11.7 Å². The predicted molar refractivity (Wildman–Crippen MR) is 76.9 cm³/mol. The predicted octanol–water partition coefficient (Wildman–Crippen LogP) is -1.10. The van der Waals surface area contributed by atoms with Crippen LogP contribution in [-0.4, -0.2) is 16.4 Å². The third kappa shape index (κ3) is 2.76. The van der Waals surface area contributed by atoms with E-state index in [1.54, 1.807) is 18.2 Å². The molecule has 8 nitrogen and oxygen atoms in total. The van der Waals surface area contributed by atoms with Crippen LogP contribution in [0.25, 0.3) is 10.9 Å². The van der Waals surface area contributed by atoms with E-state index in [9.17, 15) is 14.4 Å². The molecule has 0 unspecified atom stereocenters. The normalized spacial score (nSPS) is 10.4. The molecule has 0 spiro atoms. The lowest BCUT2D eigenvalue weighted by Crippen LogP contribution is -2.36. The van der Waals surface area contributed by atoms with Gasteiger partial charge in [0.05, 0.1) is 5.52 Å². The quantitative estimate of drug-likeness (QED) is 0.323. The number of rotatable bonds is 3. The molecule has 0 fully saturated rings. The molecule has 0 aliphatic heterocycles. The Bertz CT molecular complexity index is 781. The topological polar surface area (TPSA) is 132 Å². The van der Waals surface area contributed by atoms with Crippen molar-refractivity contribution in [3.8, 4) is 0 Å². The van der Waals surface area contributed by atoms with Gasteiger partial charge in [-0.3, -0.25) is 25.2 Å². The van der Waals surface area contributed by atoms with Gasteiger partial charge >= 0.3 is 0 Å². The molecule has 1 heterocycles. The van der Waals surface area contributed by atoms with Gasteiger partial charge in [-0.05, 0) is 19.1 Å². The Balaban J connectivity index is 2.77. The first-order chi connectivity index (χ1) is 9.97. The van der Waals surface area contributed by atoms with Crippen LogP contribution in [0.5, 0.6) is 0 Å². The summed E-state index contributed by atoms with van der Waals surface area (Å²) in [5, 5.41) is 0.334. The van der Waals surface area contributed by atoms with Crippen LogP contribution in [0.4, 0.5) is 0 Å². The van der Waals surface area contributed by atoms with Gasteiger partial charge < -0.3 is 4.57 Å². The van der Waals surface area contributed by atoms with E-state index in [1.165, 1.54) is 10.8 Å². The van der Waals surface area contributed by atoms with E-state index >= 15 is 0 Å². The minimum atomic E-state index is -0.717. The maximum absolute atomic E-state index is 12.3. The first-order valence-electron chi connectivity index (χ1n) is 6.12. The molecule has 0 saturated carbocycles. The molecule has 110 valence electrons. The number of nitrogens with two attached hydrogens (primary N) is 2. The Morgan fingerprint density at radius 2 is 1.95 bits per heavy atom. The molecule has 0 radical (unpaired) electrons. The van der Waals surface area contributed by atoms with Crippen LogP contribution in [0.1, 0.15) is 15.9 Å². The summed E-state index contributed by atoms with van der Waals surface area (Å²) in [5.74, 6) is 8.97. The Labute approximate surface area is 119 Å². The first kappa shape index (κ1) is 14.7. The lowest BCUT2D eigenvalue weighted by atomic mass is 10.1. The average Bonchev–Trinajstić information content (AvgIpc) is 2.49. The van der Waals surface area contributed by atoms with Gasteiger partial charge in [0.15, 0.2) is 0 Å². The van der Waals surface area contributed by atoms with E-state index < -0.39 is 17.2 Å². The number of fused-ring (bicyclic) bond motifs is 1. The third-order valence-electron chi connectivity index (χ3n) is 3.09. The molecule has 2 amide bonds. The maximum Gasteiger partial charge on any atom is 0.270 e. The second kappa shape index (κ2) is 5.73. The van der Waals surface area contributed by atoms with Crippen LogP contribution >= 0.6 is 0 Å². The van der Waals surface area contributed by atoms with Crippen molar-refractivity contribution in [1.82, 2.24) is 15.4 Å². The van der Waals surface area contributed by atoms with Crippen LogP contribution in [0.15, 0.2) is 29.2 Å². The van der Waals surface area contributed by atoms with Crippen molar-refractivity contribution >= 4 is 22.7 Å². The summed E-state index contributed by atoms with van der Waals surface area (Å²) < 4.78 is 1.48. The van der Waals surface area contributed by atoms with E-state index in [0.717, 1.165) is 5.56 Å².